The van der Waals surface area contributed by atoms with Crippen LogP contribution in [0.5, 0.6) is 0 Å². The summed E-state index contributed by atoms with van der Waals surface area (Å²) >= 11 is 0. The molecule has 0 N–H and O–H groups in total. The summed E-state index contributed by atoms with van der Waals surface area (Å²) in [5, 5.41) is 0. The molecule has 4 rings (SSSR count). The molecule has 2 aliphatic heterocycles. The number of likely N-dealkylation sites (tertiary alicyclic amines) is 2. The summed E-state index contributed by atoms with van der Waals surface area (Å²) in [5.41, 5.74) is 1.21. The van der Waals surface area contributed by atoms with Gasteiger partial charge >= 0.3 is 0 Å². The quantitative estimate of drug-likeness (QED) is 0.788. The summed E-state index contributed by atoms with van der Waals surface area (Å²) in [6, 6.07) is 0.812. The van der Waals surface area contributed by atoms with E-state index in [0.717, 1.165) is 18.5 Å². The summed E-state index contributed by atoms with van der Waals surface area (Å²) in [7, 11) is 0. The van der Waals surface area contributed by atoms with E-state index in [0.29, 0.717) is 5.92 Å². The molecule has 134 valence electrons. The van der Waals surface area contributed by atoms with Crippen LogP contribution in [-0.4, -0.2) is 47.0 Å². The molecule has 4 heteroatoms. The second kappa shape index (κ2) is 7.57. The third kappa shape index (κ3) is 4.02. The van der Waals surface area contributed by atoms with Crippen molar-refractivity contribution in [1.82, 2.24) is 14.8 Å². The highest BCUT2D eigenvalue weighted by atomic mass is 16.3. The van der Waals surface area contributed by atoms with Gasteiger partial charge in [0.2, 0.25) is 0 Å². The van der Waals surface area contributed by atoms with Crippen molar-refractivity contribution in [2.24, 2.45) is 5.92 Å². The number of piperidine rings is 2. The average molecular weight is 332 g/mol. The van der Waals surface area contributed by atoms with Crippen LogP contribution < -0.4 is 0 Å². The third-order valence-corrected chi connectivity index (χ3v) is 6.47. The second-order valence-corrected chi connectivity index (χ2v) is 8.33. The van der Waals surface area contributed by atoms with E-state index in [1.165, 1.54) is 89.0 Å². The summed E-state index contributed by atoms with van der Waals surface area (Å²) < 4.78 is 5.62. The van der Waals surface area contributed by atoms with Gasteiger partial charge in [-0.15, -0.1) is 0 Å². The highest BCUT2D eigenvalue weighted by Crippen LogP contribution is 2.41. The van der Waals surface area contributed by atoms with Crippen molar-refractivity contribution < 1.29 is 4.42 Å². The predicted molar refractivity (Wildman–Crippen MR) is 96.0 cm³/mol. The SMILES string of the molecule is CC1CCCCN1CCC1CCN(Cc2ncoc2C2CC2)CC1. The molecular weight excluding hydrogens is 298 g/mol. The fourth-order valence-electron chi connectivity index (χ4n) is 4.56. The Kier molecular flexibility index (Phi) is 5.23. The Labute approximate surface area is 146 Å². The Bertz CT molecular complexity index is 517. The van der Waals surface area contributed by atoms with Crippen molar-refractivity contribution in [3.8, 4) is 0 Å². The first-order valence-corrected chi connectivity index (χ1v) is 10.2. The van der Waals surface area contributed by atoms with Gasteiger partial charge in [0.15, 0.2) is 6.39 Å². The Morgan fingerprint density at radius 3 is 2.67 bits per heavy atom. The molecule has 0 spiro atoms. The van der Waals surface area contributed by atoms with E-state index in [1.54, 1.807) is 6.39 Å². The zero-order valence-electron chi connectivity index (χ0n) is 15.3. The van der Waals surface area contributed by atoms with E-state index < -0.39 is 0 Å². The topological polar surface area (TPSA) is 32.5 Å². The highest BCUT2D eigenvalue weighted by Gasteiger charge is 2.31. The molecule has 3 fully saturated rings. The van der Waals surface area contributed by atoms with Gasteiger partial charge < -0.3 is 9.32 Å². The Balaban J connectivity index is 1.20. The number of hydrogen-bond donors (Lipinski definition) is 0. The number of oxazole rings is 1. The van der Waals surface area contributed by atoms with Crippen molar-refractivity contribution in [1.29, 1.82) is 0 Å². The zero-order valence-corrected chi connectivity index (χ0v) is 15.3. The number of aromatic nitrogens is 1. The molecule has 0 amide bonds. The number of hydrogen-bond acceptors (Lipinski definition) is 4. The molecule has 1 aromatic heterocycles. The van der Waals surface area contributed by atoms with E-state index in [1.807, 2.05) is 0 Å². The molecule has 1 unspecified atom stereocenters. The van der Waals surface area contributed by atoms with Crippen LogP contribution >= 0.6 is 0 Å². The van der Waals surface area contributed by atoms with Crippen molar-refractivity contribution in [2.45, 2.75) is 76.8 Å². The molecule has 1 saturated carbocycles. The third-order valence-electron chi connectivity index (χ3n) is 6.47. The van der Waals surface area contributed by atoms with Gasteiger partial charge in [0.25, 0.3) is 0 Å². The average Bonchev–Trinajstić information content (AvgIpc) is 3.35. The lowest BCUT2D eigenvalue weighted by molar-refractivity contribution is 0.126. The van der Waals surface area contributed by atoms with Crippen LogP contribution in [0, 0.1) is 5.92 Å². The number of nitrogens with zero attached hydrogens (tertiary/aromatic N) is 3. The molecule has 0 radical (unpaired) electrons. The largest absolute Gasteiger partial charge is 0.448 e. The molecule has 3 heterocycles. The molecule has 1 aromatic rings. The first kappa shape index (κ1) is 16.6. The maximum absolute atomic E-state index is 5.62. The smallest absolute Gasteiger partial charge is 0.181 e. The van der Waals surface area contributed by atoms with Gasteiger partial charge in [-0.3, -0.25) is 4.90 Å². The van der Waals surface area contributed by atoms with Gasteiger partial charge in [-0.2, -0.15) is 0 Å². The van der Waals surface area contributed by atoms with Crippen LogP contribution in [0.25, 0.3) is 0 Å². The van der Waals surface area contributed by atoms with E-state index >= 15 is 0 Å². The normalized spacial score (nSPS) is 27.6. The van der Waals surface area contributed by atoms with Gasteiger partial charge in [0.05, 0.1) is 5.69 Å². The molecule has 2 saturated heterocycles. The molecular formula is C20H33N3O. The van der Waals surface area contributed by atoms with Crippen LogP contribution in [0.1, 0.15) is 75.7 Å². The molecule has 0 bridgehead atoms. The van der Waals surface area contributed by atoms with Crippen LogP contribution in [0.15, 0.2) is 10.8 Å². The fourth-order valence-corrected chi connectivity index (χ4v) is 4.56. The molecule has 0 aromatic carbocycles. The minimum atomic E-state index is 0.673. The van der Waals surface area contributed by atoms with Crippen molar-refractivity contribution in [3.63, 3.8) is 0 Å². The van der Waals surface area contributed by atoms with Gasteiger partial charge in [0.1, 0.15) is 5.76 Å². The van der Waals surface area contributed by atoms with Crippen molar-refractivity contribution in [2.75, 3.05) is 26.2 Å². The summed E-state index contributed by atoms with van der Waals surface area (Å²) in [5.74, 6) is 2.78. The van der Waals surface area contributed by atoms with Crippen LogP contribution in [0.3, 0.4) is 0 Å². The Morgan fingerprint density at radius 2 is 1.92 bits per heavy atom. The molecule has 1 aliphatic carbocycles. The van der Waals surface area contributed by atoms with Gasteiger partial charge in [-0.1, -0.05) is 6.42 Å². The molecule has 1 atom stereocenters. The lowest BCUT2D eigenvalue weighted by Crippen LogP contribution is -2.40. The number of rotatable bonds is 6. The zero-order chi connectivity index (χ0) is 16.4. The van der Waals surface area contributed by atoms with Crippen LogP contribution in [0.4, 0.5) is 0 Å². The Hall–Kier alpha value is -0.870. The standard InChI is InChI=1S/C20H33N3O/c1-16-4-2-3-10-23(16)13-9-17-7-11-22(12-8-17)14-19-20(18-5-6-18)24-15-21-19/h15-18H,2-14H2,1H3. The minimum absolute atomic E-state index is 0.673. The lowest BCUT2D eigenvalue weighted by atomic mass is 9.92. The van der Waals surface area contributed by atoms with E-state index in [9.17, 15) is 0 Å². The van der Waals surface area contributed by atoms with Crippen LogP contribution in [-0.2, 0) is 6.54 Å². The monoisotopic (exact) mass is 331 g/mol. The molecule has 24 heavy (non-hydrogen) atoms. The first-order chi connectivity index (χ1) is 11.8. The summed E-state index contributed by atoms with van der Waals surface area (Å²) in [6.07, 6.45) is 12.6. The van der Waals surface area contributed by atoms with Crippen LogP contribution in [0.2, 0.25) is 0 Å². The minimum Gasteiger partial charge on any atom is -0.448 e. The molecule has 4 nitrogen and oxygen atoms in total. The van der Waals surface area contributed by atoms with Crippen molar-refractivity contribution in [3.05, 3.63) is 17.8 Å². The summed E-state index contributed by atoms with van der Waals surface area (Å²) in [6.45, 7) is 8.53. The first-order valence-electron chi connectivity index (χ1n) is 10.2. The summed E-state index contributed by atoms with van der Waals surface area (Å²) in [4.78, 5) is 9.80. The lowest BCUT2D eigenvalue weighted by Gasteiger charge is -2.36. The Morgan fingerprint density at radius 1 is 1.08 bits per heavy atom. The van der Waals surface area contributed by atoms with Gasteiger partial charge in [-0.05, 0) is 84.0 Å². The van der Waals surface area contributed by atoms with Gasteiger partial charge in [0, 0.05) is 18.5 Å². The fraction of sp³-hybridized carbons (Fsp3) is 0.850. The van der Waals surface area contributed by atoms with E-state index in [2.05, 4.69) is 21.7 Å². The van der Waals surface area contributed by atoms with E-state index in [-0.39, 0.29) is 0 Å². The maximum atomic E-state index is 5.62. The van der Waals surface area contributed by atoms with E-state index in [4.69, 9.17) is 4.42 Å². The predicted octanol–water partition coefficient (Wildman–Crippen LogP) is 4.03. The van der Waals surface area contributed by atoms with Crippen molar-refractivity contribution >= 4 is 0 Å². The molecule has 3 aliphatic rings. The second-order valence-electron chi connectivity index (χ2n) is 8.33. The maximum Gasteiger partial charge on any atom is 0.181 e. The van der Waals surface area contributed by atoms with Gasteiger partial charge in [-0.25, -0.2) is 4.98 Å². The highest BCUT2D eigenvalue weighted by molar-refractivity contribution is 5.17.